The lowest BCUT2D eigenvalue weighted by atomic mass is 9.97. The quantitative estimate of drug-likeness (QED) is 0.893. The lowest BCUT2D eigenvalue weighted by Gasteiger charge is -2.30. The van der Waals surface area contributed by atoms with Gasteiger partial charge in [-0.3, -0.25) is 9.69 Å². The van der Waals surface area contributed by atoms with Crippen LogP contribution in [0.15, 0.2) is 18.2 Å². The van der Waals surface area contributed by atoms with Gasteiger partial charge in [0.2, 0.25) is 5.91 Å². The molecule has 1 amide bonds. The van der Waals surface area contributed by atoms with Crippen molar-refractivity contribution in [3.63, 3.8) is 0 Å². The lowest BCUT2D eigenvalue weighted by molar-refractivity contribution is -0.117. The summed E-state index contributed by atoms with van der Waals surface area (Å²) in [5.41, 5.74) is 9.48. The van der Waals surface area contributed by atoms with Gasteiger partial charge in [-0.05, 0) is 80.9 Å². The Kier molecular flexibility index (Phi) is 6.24. The van der Waals surface area contributed by atoms with Gasteiger partial charge in [-0.25, -0.2) is 0 Å². The van der Waals surface area contributed by atoms with Crippen LogP contribution in [0, 0.1) is 5.92 Å². The van der Waals surface area contributed by atoms with Crippen LogP contribution in [0.5, 0.6) is 0 Å². The van der Waals surface area contributed by atoms with Gasteiger partial charge in [0.1, 0.15) is 0 Å². The summed E-state index contributed by atoms with van der Waals surface area (Å²) in [5.74, 6) is 0.736. The molecule has 1 aromatic carbocycles. The second-order valence-corrected chi connectivity index (χ2v) is 6.34. The number of halogens is 1. The van der Waals surface area contributed by atoms with E-state index in [1.807, 2.05) is 6.07 Å². The molecule has 1 heterocycles. The van der Waals surface area contributed by atoms with E-state index in [9.17, 15) is 4.79 Å². The number of hydrogen-bond acceptors (Lipinski definition) is 3. The zero-order chi connectivity index (χ0) is 14.7. The number of nitrogens with zero attached hydrogens (tertiary/aromatic N) is 1. The summed E-state index contributed by atoms with van der Waals surface area (Å²) in [6, 6.07) is 6.33. The van der Waals surface area contributed by atoms with Crippen LogP contribution >= 0.6 is 12.4 Å². The van der Waals surface area contributed by atoms with Crippen molar-refractivity contribution in [3.8, 4) is 0 Å². The second kappa shape index (κ2) is 7.95. The van der Waals surface area contributed by atoms with Crippen LogP contribution in [0.1, 0.15) is 30.4 Å². The molecule has 0 saturated carbocycles. The number of piperidine rings is 1. The van der Waals surface area contributed by atoms with E-state index in [-0.39, 0.29) is 18.3 Å². The van der Waals surface area contributed by atoms with Crippen LogP contribution in [0.25, 0.3) is 0 Å². The van der Waals surface area contributed by atoms with Crippen molar-refractivity contribution in [2.24, 2.45) is 11.7 Å². The SMILES string of the molecule is Cl.NCC1CCN(CC(=O)Nc2ccc3c(c2)CCC3)CC1. The molecule has 22 heavy (non-hydrogen) atoms. The van der Waals surface area contributed by atoms with Gasteiger partial charge in [0, 0.05) is 5.69 Å². The van der Waals surface area contributed by atoms with E-state index in [0.29, 0.717) is 12.5 Å². The first kappa shape index (κ1) is 17.3. The van der Waals surface area contributed by atoms with Gasteiger partial charge in [-0.2, -0.15) is 0 Å². The number of likely N-dealkylation sites (tertiary alicyclic amines) is 1. The van der Waals surface area contributed by atoms with E-state index in [1.54, 1.807) is 0 Å². The van der Waals surface area contributed by atoms with Crippen LogP contribution in [0.4, 0.5) is 5.69 Å². The molecule has 0 aromatic heterocycles. The summed E-state index contributed by atoms with van der Waals surface area (Å²) in [6.07, 6.45) is 5.79. The molecule has 2 aliphatic rings. The molecule has 3 rings (SSSR count). The molecular formula is C17H26ClN3O. The van der Waals surface area contributed by atoms with E-state index in [1.165, 1.54) is 24.0 Å². The number of benzene rings is 1. The van der Waals surface area contributed by atoms with Gasteiger partial charge in [0.05, 0.1) is 6.54 Å². The van der Waals surface area contributed by atoms with Crippen LogP contribution in [-0.2, 0) is 17.6 Å². The van der Waals surface area contributed by atoms with E-state index in [4.69, 9.17) is 5.73 Å². The summed E-state index contributed by atoms with van der Waals surface area (Å²) >= 11 is 0. The molecule has 5 heteroatoms. The third kappa shape index (κ3) is 4.22. The second-order valence-electron chi connectivity index (χ2n) is 6.34. The molecular weight excluding hydrogens is 298 g/mol. The van der Waals surface area contributed by atoms with Gasteiger partial charge in [-0.15, -0.1) is 12.4 Å². The third-order valence-corrected chi connectivity index (χ3v) is 4.79. The van der Waals surface area contributed by atoms with Crippen molar-refractivity contribution in [1.82, 2.24) is 4.90 Å². The van der Waals surface area contributed by atoms with Gasteiger partial charge >= 0.3 is 0 Å². The summed E-state index contributed by atoms with van der Waals surface area (Å²) < 4.78 is 0. The predicted molar refractivity (Wildman–Crippen MR) is 92.6 cm³/mol. The number of hydrogen-bond donors (Lipinski definition) is 2. The molecule has 122 valence electrons. The monoisotopic (exact) mass is 323 g/mol. The number of anilines is 1. The predicted octanol–water partition coefficient (Wildman–Crippen LogP) is 2.21. The first-order valence-corrected chi connectivity index (χ1v) is 8.08. The largest absolute Gasteiger partial charge is 0.330 e. The minimum atomic E-state index is 0. The topological polar surface area (TPSA) is 58.4 Å². The molecule has 4 nitrogen and oxygen atoms in total. The van der Waals surface area contributed by atoms with Gasteiger partial charge < -0.3 is 11.1 Å². The Morgan fingerprint density at radius 3 is 2.68 bits per heavy atom. The highest BCUT2D eigenvalue weighted by Gasteiger charge is 2.20. The standard InChI is InChI=1S/C17H25N3O.ClH/c18-11-13-6-8-20(9-7-13)12-17(21)19-16-5-4-14-2-1-3-15(14)10-16;/h4-5,10,13H,1-3,6-9,11-12,18H2,(H,19,21);1H. The summed E-state index contributed by atoms with van der Waals surface area (Å²) in [5, 5.41) is 3.04. The average molecular weight is 324 g/mol. The van der Waals surface area contributed by atoms with E-state index < -0.39 is 0 Å². The van der Waals surface area contributed by atoms with E-state index in [0.717, 1.165) is 44.6 Å². The van der Waals surface area contributed by atoms with E-state index in [2.05, 4.69) is 22.3 Å². The highest BCUT2D eigenvalue weighted by molar-refractivity contribution is 5.92. The molecule has 1 aliphatic heterocycles. The first-order valence-electron chi connectivity index (χ1n) is 8.08. The molecule has 0 bridgehead atoms. The smallest absolute Gasteiger partial charge is 0.238 e. The third-order valence-electron chi connectivity index (χ3n) is 4.79. The number of nitrogens with two attached hydrogens (primary N) is 1. The van der Waals surface area contributed by atoms with Crippen molar-refractivity contribution in [2.45, 2.75) is 32.1 Å². The summed E-state index contributed by atoms with van der Waals surface area (Å²) in [6.45, 7) is 3.24. The van der Waals surface area contributed by atoms with Crippen LogP contribution in [-0.4, -0.2) is 37.0 Å². The molecule has 1 saturated heterocycles. The highest BCUT2D eigenvalue weighted by atomic mass is 35.5. The van der Waals surface area contributed by atoms with Crippen molar-refractivity contribution < 1.29 is 4.79 Å². The fourth-order valence-corrected chi connectivity index (χ4v) is 3.43. The molecule has 0 atom stereocenters. The maximum absolute atomic E-state index is 12.2. The van der Waals surface area contributed by atoms with Gasteiger partial charge in [0.25, 0.3) is 0 Å². The fourth-order valence-electron chi connectivity index (χ4n) is 3.43. The van der Waals surface area contributed by atoms with Crippen molar-refractivity contribution in [2.75, 3.05) is 31.5 Å². The molecule has 3 N–H and O–H groups in total. The van der Waals surface area contributed by atoms with Crippen LogP contribution in [0.2, 0.25) is 0 Å². The molecule has 1 aliphatic carbocycles. The molecule has 0 radical (unpaired) electrons. The fraction of sp³-hybridized carbons (Fsp3) is 0.588. The van der Waals surface area contributed by atoms with Crippen molar-refractivity contribution in [1.29, 1.82) is 0 Å². The number of carbonyl (C=O) groups excluding carboxylic acids is 1. The molecule has 0 unspecified atom stereocenters. The Morgan fingerprint density at radius 1 is 1.23 bits per heavy atom. The zero-order valence-corrected chi connectivity index (χ0v) is 13.8. The zero-order valence-electron chi connectivity index (χ0n) is 13.0. The van der Waals surface area contributed by atoms with Crippen molar-refractivity contribution >= 4 is 24.0 Å². The van der Waals surface area contributed by atoms with E-state index >= 15 is 0 Å². The lowest BCUT2D eigenvalue weighted by Crippen LogP contribution is -2.40. The molecule has 1 aromatic rings. The highest BCUT2D eigenvalue weighted by Crippen LogP contribution is 2.25. The number of aryl methyl sites for hydroxylation is 2. The maximum atomic E-state index is 12.2. The minimum Gasteiger partial charge on any atom is -0.330 e. The summed E-state index contributed by atoms with van der Waals surface area (Å²) in [4.78, 5) is 14.4. The molecule has 1 fully saturated rings. The van der Waals surface area contributed by atoms with Crippen LogP contribution in [0.3, 0.4) is 0 Å². The van der Waals surface area contributed by atoms with Crippen LogP contribution < -0.4 is 11.1 Å². The molecule has 0 spiro atoms. The Balaban J connectivity index is 0.00000176. The number of carbonyl (C=O) groups is 1. The van der Waals surface area contributed by atoms with Gasteiger partial charge in [-0.1, -0.05) is 6.07 Å². The first-order chi connectivity index (χ1) is 10.2. The Hall–Kier alpha value is -1.10. The minimum absolute atomic E-state index is 0. The number of amides is 1. The van der Waals surface area contributed by atoms with Gasteiger partial charge in [0.15, 0.2) is 0 Å². The summed E-state index contributed by atoms with van der Waals surface area (Å²) in [7, 11) is 0. The number of nitrogens with one attached hydrogen (secondary N) is 1. The van der Waals surface area contributed by atoms with Crippen molar-refractivity contribution in [3.05, 3.63) is 29.3 Å². The number of rotatable bonds is 4. The number of fused-ring (bicyclic) bond motifs is 1. The Labute approximate surface area is 138 Å². The Morgan fingerprint density at radius 2 is 1.95 bits per heavy atom. The Bertz CT molecular complexity index is 513. The normalized spacial score (nSPS) is 18.6. The maximum Gasteiger partial charge on any atom is 0.238 e. The average Bonchev–Trinajstić information content (AvgIpc) is 2.95.